The second-order valence-corrected chi connectivity index (χ2v) is 4.56. The predicted molar refractivity (Wildman–Crippen MR) is 75.8 cm³/mol. The van der Waals surface area contributed by atoms with E-state index in [1.807, 2.05) is 36.4 Å². The lowest BCUT2D eigenvalue weighted by molar-refractivity contribution is 0.00301. The smallest absolute Gasteiger partial charge is 0.189 e. The SMILES string of the molecule is Fc1cc(CBr)ccc1OCOCc1ccccc1. The summed E-state index contributed by atoms with van der Waals surface area (Å²) in [5, 5.41) is 0.620. The number of hydrogen-bond acceptors (Lipinski definition) is 2. The van der Waals surface area contributed by atoms with Crippen LogP contribution in [0.15, 0.2) is 48.5 Å². The maximum atomic E-state index is 13.6. The summed E-state index contributed by atoms with van der Waals surface area (Å²) < 4.78 is 24.2. The van der Waals surface area contributed by atoms with Gasteiger partial charge in [-0.25, -0.2) is 4.39 Å². The van der Waals surface area contributed by atoms with Crippen molar-refractivity contribution < 1.29 is 13.9 Å². The molecule has 0 N–H and O–H groups in total. The summed E-state index contributed by atoms with van der Waals surface area (Å²) >= 11 is 3.27. The molecule has 0 spiro atoms. The van der Waals surface area contributed by atoms with Crippen LogP contribution in [0.25, 0.3) is 0 Å². The summed E-state index contributed by atoms with van der Waals surface area (Å²) in [5.41, 5.74) is 1.93. The molecular weight excluding hydrogens is 311 g/mol. The molecular formula is C15H14BrFO2. The fourth-order valence-electron chi connectivity index (χ4n) is 1.58. The van der Waals surface area contributed by atoms with E-state index < -0.39 is 0 Å². The van der Waals surface area contributed by atoms with E-state index in [-0.39, 0.29) is 18.4 Å². The van der Waals surface area contributed by atoms with Gasteiger partial charge in [-0.05, 0) is 23.3 Å². The van der Waals surface area contributed by atoms with Crippen LogP contribution in [0.1, 0.15) is 11.1 Å². The number of hydrogen-bond donors (Lipinski definition) is 0. The lowest BCUT2D eigenvalue weighted by Gasteiger charge is -2.08. The maximum Gasteiger partial charge on any atom is 0.189 e. The molecule has 2 rings (SSSR count). The summed E-state index contributed by atoms with van der Waals surface area (Å²) in [5.74, 6) is -0.168. The molecule has 0 atom stereocenters. The highest BCUT2D eigenvalue weighted by molar-refractivity contribution is 9.08. The zero-order chi connectivity index (χ0) is 13.5. The van der Waals surface area contributed by atoms with Gasteiger partial charge in [-0.1, -0.05) is 52.3 Å². The van der Waals surface area contributed by atoms with Gasteiger partial charge in [0, 0.05) is 5.33 Å². The van der Waals surface area contributed by atoms with Crippen LogP contribution in [0, 0.1) is 5.82 Å². The lowest BCUT2D eigenvalue weighted by atomic mass is 10.2. The zero-order valence-electron chi connectivity index (χ0n) is 10.3. The number of rotatable bonds is 6. The van der Waals surface area contributed by atoms with E-state index in [0.29, 0.717) is 11.9 Å². The van der Waals surface area contributed by atoms with Gasteiger partial charge in [-0.3, -0.25) is 0 Å². The molecule has 0 unspecified atom stereocenters. The fraction of sp³-hybridized carbons (Fsp3) is 0.200. The first kappa shape index (κ1) is 14.0. The average molecular weight is 325 g/mol. The van der Waals surface area contributed by atoms with E-state index in [1.165, 1.54) is 6.07 Å². The first-order chi connectivity index (χ1) is 9.29. The van der Waals surface area contributed by atoms with Crippen molar-refractivity contribution in [3.63, 3.8) is 0 Å². The summed E-state index contributed by atoms with van der Waals surface area (Å²) in [6.07, 6.45) is 0. The van der Waals surface area contributed by atoms with Crippen molar-refractivity contribution in [3.8, 4) is 5.75 Å². The van der Waals surface area contributed by atoms with E-state index in [4.69, 9.17) is 9.47 Å². The van der Waals surface area contributed by atoms with E-state index in [0.717, 1.165) is 11.1 Å². The molecule has 4 heteroatoms. The minimum Gasteiger partial charge on any atom is -0.464 e. The molecule has 0 aliphatic heterocycles. The number of ether oxygens (including phenoxy) is 2. The number of halogens is 2. The predicted octanol–water partition coefficient (Wildman–Crippen LogP) is 4.27. The summed E-state index contributed by atoms with van der Waals surface area (Å²) in [7, 11) is 0. The van der Waals surface area contributed by atoms with Crippen LogP contribution in [0.2, 0.25) is 0 Å². The molecule has 19 heavy (non-hydrogen) atoms. The van der Waals surface area contributed by atoms with Crippen molar-refractivity contribution in [1.29, 1.82) is 0 Å². The first-order valence-electron chi connectivity index (χ1n) is 5.88. The van der Waals surface area contributed by atoms with E-state index in [1.54, 1.807) is 6.07 Å². The van der Waals surface area contributed by atoms with Crippen molar-refractivity contribution >= 4 is 15.9 Å². The Balaban J connectivity index is 1.80. The minimum absolute atomic E-state index is 0.0273. The average Bonchev–Trinajstić information content (AvgIpc) is 2.46. The minimum atomic E-state index is -0.375. The molecule has 0 heterocycles. The quantitative estimate of drug-likeness (QED) is 0.448. The molecule has 0 radical (unpaired) electrons. The third kappa shape index (κ3) is 4.33. The van der Waals surface area contributed by atoms with Gasteiger partial charge in [0.2, 0.25) is 0 Å². The van der Waals surface area contributed by atoms with Crippen molar-refractivity contribution in [2.75, 3.05) is 6.79 Å². The van der Waals surface area contributed by atoms with Crippen molar-refractivity contribution in [2.24, 2.45) is 0 Å². The summed E-state index contributed by atoms with van der Waals surface area (Å²) in [6.45, 7) is 0.474. The van der Waals surface area contributed by atoms with Gasteiger partial charge >= 0.3 is 0 Å². The Bertz CT molecular complexity index is 517. The van der Waals surface area contributed by atoms with E-state index in [9.17, 15) is 4.39 Å². The second kappa shape index (κ2) is 7.26. The second-order valence-electron chi connectivity index (χ2n) is 3.99. The summed E-state index contributed by atoms with van der Waals surface area (Å²) in [6, 6.07) is 14.6. The highest BCUT2D eigenvalue weighted by Gasteiger charge is 2.04. The van der Waals surface area contributed by atoms with Crippen molar-refractivity contribution in [3.05, 3.63) is 65.5 Å². The van der Waals surface area contributed by atoms with Crippen LogP contribution in [-0.2, 0) is 16.7 Å². The van der Waals surface area contributed by atoms with Gasteiger partial charge in [0.15, 0.2) is 18.4 Å². The van der Waals surface area contributed by atoms with Crippen LogP contribution < -0.4 is 4.74 Å². The highest BCUT2D eigenvalue weighted by atomic mass is 79.9. The molecule has 0 saturated carbocycles. The third-order valence-electron chi connectivity index (χ3n) is 2.56. The fourth-order valence-corrected chi connectivity index (χ4v) is 1.93. The monoisotopic (exact) mass is 324 g/mol. The van der Waals surface area contributed by atoms with Gasteiger partial charge in [-0.15, -0.1) is 0 Å². The van der Waals surface area contributed by atoms with Crippen LogP contribution in [0.3, 0.4) is 0 Å². The lowest BCUT2D eigenvalue weighted by Crippen LogP contribution is -2.04. The molecule has 0 fully saturated rings. The molecule has 0 aliphatic rings. The third-order valence-corrected chi connectivity index (χ3v) is 3.21. The largest absolute Gasteiger partial charge is 0.464 e. The van der Waals surface area contributed by atoms with Gasteiger partial charge in [0.05, 0.1) is 6.61 Å². The van der Waals surface area contributed by atoms with Crippen molar-refractivity contribution in [2.45, 2.75) is 11.9 Å². The first-order valence-corrected chi connectivity index (χ1v) is 7.00. The molecule has 0 bridgehead atoms. The standard InChI is InChI=1S/C15H14BrFO2/c16-9-13-6-7-15(14(17)8-13)19-11-18-10-12-4-2-1-3-5-12/h1-8H,9-11H2. The molecule has 0 aliphatic carbocycles. The van der Waals surface area contributed by atoms with Crippen LogP contribution in [-0.4, -0.2) is 6.79 Å². The normalized spacial score (nSPS) is 10.4. The Morgan fingerprint density at radius 2 is 1.79 bits per heavy atom. The maximum absolute atomic E-state index is 13.6. The topological polar surface area (TPSA) is 18.5 Å². The molecule has 2 aromatic carbocycles. The Hall–Kier alpha value is -1.39. The highest BCUT2D eigenvalue weighted by Crippen LogP contribution is 2.19. The summed E-state index contributed by atoms with van der Waals surface area (Å²) in [4.78, 5) is 0. The molecule has 2 aromatic rings. The van der Waals surface area contributed by atoms with Gasteiger partial charge in [-0.2, -0.15) is 0 Å². The molecule has 0 amide bonds. The number of benzene rings is 2. The van der Waals surface area contributed by atoms with Crippen LogP contribution >= 0.6 is 15.9 Å². The molecule has 100 valence electrons. The van der Waals surface area contributed by atoms with Crippen molar-refractivity contribution in [1.82, 2.24) is 0 Å². The van der Waals surface area contributed by atoms with E-state index in [2.05, 4.69) is 15.9 Å². The van der Waals surface area contributed by atoms with Gasteiger partial charge in [0.1, 0.15) is 0 Å². The molecule has 0 aromatic heterocycles. The Kier molecular flexibility index (Phi) is 5.36. The number of alkyl halides is 1. The van der Waals surface area contributed by atoms with Gasteiger partial charge < -0.3 is 9.47 Å². The van der Waals surface area contributed by atoms with E-state index >= 15 is 0 Å². The Labute approximate surface area is 120 Å². The molecule has 0 saturated heterocycles. The zero-order valence-corrected chi connectivity index (χ0v) is 11.9. The van der Waals surface area contributed by atoms with Crippen LogP contribution in [0.4, 0.5) is 4.39 Å². The Morgan fingerprint density at radius 3 is 2.47 bits per heavy atom. The van der Waals surface area contributed by atoms with Crippen LogP contribution in [0.5, 0.6) is 5.75 Å². The van der Waals surface area contributed by atoms with Gasteiger partial charge in [0.25, 0.3) is 0 Å². The molecule has 2 nitrogen and oxygen atoms in total. The Morgan fingerprint density at radius 1 is 1.00 bits per heavy atom.